The van der Waals surface area contributed by atoms with Crippen LogP contribution in [0.5, 0.6) is 0 Å². The lowest BCUT2D eigenvalue weighted by atomic mass is 10.4. The summed E-state index contributed by atoms with van der Waals surface area (Å²) < 4.78 is 12.2. The van der Waals surface area contributed by atoms with Crippen molar-refractivity contribution in [2.45, 2.75) is 19.5 Å². The Bertz CT molecular complexity index is 108. The average molecular weight is 149 g/mol. The summed E-state index contributed by atoms with van der Waals surface area (Å²) in [5, 5.41) is 10.5. The lowest BCUT2D eigenvalue weighted by molar-refractivity contribution is -0.121. The van der Waals surface area contributed by atoms with Gasteiger partial charge in [-0.2, -0.15) is 0 Å². The smallest absolute Gasteiger partial charge is 0.219 e. The highest BCUT2D eigenvalue weighted by molar-refractivity contribution is 5.75. The van der Waals surface area contributed by atoms with Crippen molar-refractivity contribution in [1.82, 2.24) is 5.32 Å². The highest BCUT2D eigenvalue weighted by Crippen LogP contribution is 1.85. The molecule has 2 N–H and O–H groups in total. The van der Waals surface area contributed by atoms with E-state index in [0.29, 0.717) is 6.42 Å². The fourth-order valence-electron chi connectivity index (χ4n) is 0.414. The fourth-order valence-corrected chi connectivity index (χ4v) is 0.414. The van der Waals surface area contributed by atoms with Gasteiger partial charge in [-0.05, 0) is 0 Å². The van der Waals surface area contributed by atoms with E-state index >= 15 is 0 Å². The molecule has 4 heteroatoms. The van der Waals surface area contributed by atoms with Crippen molar-refractivity contribution >= 4 is 5.91 Å². The molecule has 0 saturated carbocycles. The van der Waals surface area contributed by atoms with Crippen LogP contribution in [0.4, 0.5) is 4.39 Å². The van der Waals surface area contributed by atoms with E-state index in [1.807, 2.05) is 0 Å². The third-order valence-corrected chi connectivity index (χ3v) is 1.04. The molecule has 0 aliphatic rings. The van der Waals surface area contributed by atoms with E-state index in [-0.39, 0.29) is 12.5 Å². The number of hydrogen-bond acceptors (Lipinski definition) is 2. The average Bonchev–Trinajstić information content (AvgIpc) is 1.99. The summed E-state index contributed by atoms with van der Waals surface area (Å²) >= 11 is 0. The summed E-state index contributed by atoms with van der Waals surface area (Å²) in [5.74, 6) is -0.198. The Morgan fingerprint density at radius 3 is 2.80 bits per heavy atom. The summed E-state index contributed by atoms with van der Waals surface area (Å²) in [6.45, 7) is 1.05. The molecule has 0 spiro atoms. The molecule has 1 amide bonds. The largest absolute Gasteiger partial charge is 0.393 e. The lowest BCUT2D eigenvalue weighted by Crippen LogP contribution is -2.31. The number of rotatable bonds is 4. The third-order valence-electron chi connectivity index (χ3n) is 1.04. The summed E-state index contributed by atoms with van der Waals surface area (Å²) in [6.07, 6.45) is -0.992. The van der Waals surface area contributed by atoms with Crippen molar-refractivity contribution in [2.75, 3.05) is 13.2 Å². The number of carbonyl (C=O) groups is 1. The van der Waals surface area contributed by atoms with Crippen LogP contribution in [0, 0.1) is 0 Å². The Balaban J connectivity index is 3.26. The Labute approximate surface area is 59.2 Å². The monoisotopic (exact) mass is 149 g/mol. The Morgan fingerprint density at radius 2 is 2.40 bits per heavy atom. The first-order chi connectivity index (χ1) is 4.70. The molecule has 0 radical (unpaired) electrons. The molecule has 0 rings (SSSR count). The number of aliphatic hydroxyl groups excluding tert-OH is 1. The molecule has 0 aliphatic heterocycles. The van der Waals surface area contributed by atoms with E-state index in [2.05, 4.69) is 5.32 Å². The summed E-state index contributed by atoms with van der Waals surface area (Å²) in [7, 11) is 0. The minimum Gasteiger partial charge on any atom is -0.393 e. The molecule has 0 aliphatic carbocycles. The summed E-state index contributed by atoms with van der Waals surface area (Å²) in [4.78, 5) is 10.5. The van der Waals surface area contributed by atoms with Crippen LogP contribution in [0.1, 0.15) is 13.3 Å². The summed E-state index contributed by atoms with van der Waals surface area (Å²) in [5.41, 5.74) is 0. The highest BCUT2D eigenvalue weighted by Gasteiger charge is 2.04. The van der Waals surface area contributed by atoms with Crippen LogP contribution in [0.3, 0.4) is 0 Å². The van der Waals surface area contributed by atoms with E-state index < -0.39 is 12.8 Å². The van der Waals surface area contributed by atoms with E-state index in [4.69, 9.17) is 5.11 Å². The molecule has 0 fully saturated rings. The molecule has 1 atom stereocenters. The lowest BCUT2D eigenvalue weighted by Gasteiger charge is -2.04. The number of carbonyl (C=O) groups excluding carboxylic acids is 1. The molecular formula is C6H12FNO2. The molecule has 0 aromatic carbocycles. The fraction of sp³-hybridized carbons (Fsp3) is 0.833. The zero-order chi connectivity index (χ0) is 7.98. The van der Waals surface area contributed by atoms with Gasteiger partial charge in [-0.1, -0.05) is 6.92 Å². The predicted molar refractivity (Wildman–Crippen MR) is 35.3 cm³/mol. The van der Waals surface area contributed by atoms with Crippen molar-refractivity contribution in [3.8, 4) is 0 Å². The number of nitrogens with one attached hydrogen (secondary N) is 1. The van der Waals surface area contributed by atoms with Crippen molar-refractivity contribution in [3.05, 3.63) is 0 Å². The number of aliphatic hydroxyl groups is 1. The van der Waals surface area contributed by atoms with Crippen LogP contribution in [-0.2, 0) is 4.79 Å². The topological polar surface area (TPSA) is 49.3 Å². The molecule has 3 nitrogen and oxygen atoms in total. The normalized spacial score (nSPS) is 12.7. The van der Waals surface area contributed by atoms with Crippen LogP contribution in [-0.4, -0.2) is 30.3 Å². The second-order valence-electron chi connectivity index (χ2n) is 1.94. The minimum absolute atomic E-state index is 0.0941. The molecule has 0 aromatic heterocycles. The Kier molecular flexibility index (Phi) is 4.84. The van der Waals surface area contributed by atoms with Gasteiger partial charge in [0.1, 0.15) is 6.17 Å². The maximum atomic E-state index is 12.2. The second kappa shape index (κ2) is 5.17. The van der Waals surface area contributed by atoms with Gasteiger partial charge in [0.2, 0.25) is 5.91 Å². The van der Waals surface area contributed by atoms with Gasteiger partial charge >= 0.3 is 0 Å². The number of alkyl halides is 1. The first-order valence-corrected chi connectivity index (χ1v) is 3.22. The molecular weight excluding hydrogens is 137 g/mol. The van der Waals surface area contributed by atoms with Gasteiger partial charge in [0.25, 0.3) is 0 Å². The van der Waals surface area contributed by atoms with E-state index in [1.165, 1.54) is 0 Å². The third kappa shape index (κ3) is 4.26. The SMILES string of the molecule is CCC(=O)NCC(F)CO. The number of amides is 1. The van der Waals surface area contributed by atoms with Crippen LogP contribution in [0.2, 0.25) is 0 Å². The molecule has 0 saturated heterocycles. The van der Waals surface area contributed by atoms with Gasteiger partial charge in [0.15, 0.2) is 0 Å². The van der Waals surface area contributed by atoms with Gasteiger partial charge in [-0.3, -0.25) is 4.79 Å². The molecule has 1 unspecified atom stereocenters. The standard InChI is InChI=1S/C6H12FNO2/c1-2-6(10)8-3-5(7)4-9/h5,9H,2-4H2,1H3,(H,8,10). The van der Waals surface area contributed by atoms with Crippen LogP contribution in [0.15, 0.2) is 0 Å². The molecule has 0 aromatic rings. The Morgan fingerprint density at radius 1 is 1.80 bits per heavy atom. The van der Waals surface area contributed by atoms with Gasteiger partial charge < -0.3 is 10.4 Å². The molecule has 60 valence electrons. The first-order valence-electron chi connectivity index (χ1n) is 3.22. The van der Waals surface area contributed by atoms with Crippen LogP contribution >= 0.6 is 0 Å². The van der Waals surface area contributed by atoms with Gasteiger partial charge in [0.05, 0.1) is 13.2 Å². The molecule has 0 heterocycles. The van der Waals surface area contributed by atoms with Crippen molar-refractivity contribution in [3.63, 3.8) is 0 Å². The van der Waals surface area contributed by atoms with Gasteiger partial charge in [-0.15, -0.1) is 0 Å². The van der Waals surface area contributed by atoms with Gasteiger partial charge in [0, 0.05) is 6.42 Å². The first kappa shape index (κ1) is 9.36. The maximum Gasteiger partial charge on any atom is 0.219 e. The number of halogens is 1. The van der Waals surface area contributed by atoms with Crippen molar-refractivity contribution < 1.29 is 14.3 Å². The predicted octanol–water partition coefficient (Wildman–Crippen LogP) is -0.157. The Hall–Kier alpha value is -0.640. The zero-order valence-electron chi connectivity index (χ0n) is 5.93. The van der Waals surface area contributed by atoms with E-state index in [0.717, 1.165) is 0 Å². The number of hydrogen-bond donors (Lipinski definition) is 2. The zero-order valence-corrected chi connectivity index (χ0v) is 5.93. The second-order valence-corrected chi connectivity index (χ2v) is 1.94. The van der Waals surface area contributed by atoms with E-state index in [1.54, 1.807) is 6.92 Å². The highest BCUT2D eigenvalue weighted by atomic mass is 19.1. The minimum atomic E-state index is -1.34. The summed E-state index contributed by atoms with van der Waals surface area (Å²) in [6, 6.07) is 0. The molecule has 0 bridgehead atoms. The van der Waals surface area contributed by atoms with Crippen LogP contribution < -0.4 is 5.32 Å². The van der Waals surface area contributed by atoms with Crippen molar-refractivity contribution in [1.29, 1.82) is 0 Å². The van der Waals surface area contributed by atoms with E-state index in [9.17, 15) is 9.18 Å². The van der Waals surface area contributed by atoms with Gasteiger partial charge in [-0.25, -0.2) is 4.39 Å². The molecule has 10 heavy (non-hydrogen) atoms. The van der Waals surface area contributed by atoms with Crippen molar-refractivity contribution in [2.24, 2.45) is 0 Å². The van der Waals surface area contributed by atoms with Crippen LogP contribution in [0.25, 0.3) is 0 Å². The quantitative estimate of drug-likeness (QED) is 0.583. The maximum absolute atomic E-state index is 12.2.